The largest absolute Gasteiger partial charge is 0.394 e. The maximum atomic E-state index is 11.8. The van der Waals surface area contributed by atoms with Crippen molar-refractivity contribution < 1.29 is 9.90 Å². The number of aryl methyl sites for hydroxylation is 1. The Morgan fingerprint density at radius 1 is 1.41 bits per heavy atom. The van der Waals surface area contributed by atoms with Crippen molar-refractivity contribution in [2.75, 3.05) is 11.9 Å². The Labute approximate surface area is 106 Å². The van der Waals surface area contributed by atoms with Crippen molar-refractivity contribution in [3.05, 3.63) is 17.0 Å². The van der Waals surface area contributed by atoms with Crippen molar-refractivity contribution in [1.29, 1.82) is 0 Å². The van der Waals surface area contributed by atoms with Crippen LogP contribution in [-0.4, -0.2) is 23.3 Å². The van der Waals surface area contributed by atoms with E-state index in [1.165, 1.54) is 11.3 Å². The first kappa shape index (κ1) is 14.0. The van der Waals surface area contributed by atoms with Gasteiger partial charge in [-0.25, -0.2) is 4.79 Å². The van der Waals surface area contributed by atoms with Crippen LogP contribution in [0.1, 0.15) is 31.6 Å². The molecule has 1 aromatic heterocycles. The Hall–Kier alpha value is -1.07. The highest BCUT2D eigenvalue weighted by Gasteiger charge is 2.27. The van der Waals surface area contributed by atoms with Gasteiger partial charge in [0.15, 0.2) is 0 Å². The number of hydrogen-bond donors (Lipinski definition) is 3. The van der Waals surface area contributed by atoms with Crippen LogP contribution < -0.4 is 10.6 Å². The van der Waals surface area contributed by atoms with Gasteiger partial charge >= 0.3 is 6.03 Å². The molecule has 3 N–H and O–H groups in total. The fourth-order valence-corrected chi connectivity index (χ4v) is 2.34. The molecule has 17 heavy (non-hydrogen) atoms. The molecule has 0 unspecified atom stereocenters. The number of urea groups is 1. The van der Waals surface area contributed by atoms with E-state index >= 15 is 0 Å². The Morgan fingerprint density at radius 3 is 2.47 bits per heavy atom. The summed E-state index contributed by atoms with van der Waals surface area (Å²) in [5.41, 5.74) is -0.517. The first-order chi connectivity index (χ1) is 8.05. The summed E-state index contributed by atoms with van der Waals surface area (Å²) in [6.07, 6.45) is 1.41. The highest BCUT2D eigenvalue weighted by molar-refractivity contribution is 7.16. The molecule has 4 nitrogen and oxygen atoms in total. The van der Waals surface area contributed by atoms with Gasteiger partial charge in [0, 0.05) is 4.88 Å². The van der Waals surface area contributed by atoms with Crippen molar-refractivity contribution in [1.82, 2.24) is 5.32 Å². The lowest BCUT2D eigenvalue weighted by Crippen LogP contribution is -2.51. The van der Waals surface area contributed by atoms with Crippen molar-refractivity contribution in [3.63, 3.8) is 0 Å². The molecule has 0 radical (unpaired) electrons. The first-order valence-electron chi connectivity index (χ1n) is 5.81. The van der Waals surface area contributed by atoms with Crippen LogP contribution in [0.2, 0.25) is 0 Å². The molecule has 0 saturated carbocycles. The van der Waals surface area contributed by atoms with Gasteiger partial charge in [-0.1, -0.05) is 13.8 Å². The van der Waals surface area contributed by atoms with E-state index in [1.807, 2.05) is 32.9 Å². The van der Waals surface area contributed by atoms with E-state index in [-0.39, 0.29) is 12.6 Å². The van der Waals surface area contributed by atoms with Gasteiger partial charge in [-0.05, 0) is 31.9 Å². The second-order valence-corrected chi connectivity index (χ2v) is 5.42. The molecule has 96 valence electrons. The second-order valence-electron chi connectivity index (χ2n) is 4.13. The number of nitrogens with one attached hydrogen (secondary N) is 2. The Morgan fingerprint density at radius 2 is 2.06 bits per heavy atom. The molecule has 2 amide bonds. The summed E-state index contributed by atoms with van der Waals surface area (Å²) in [5.74, 6) is 0. The average molecular weight is 256 g/mol. The van der Waals surface area contributed by atoms with Gasteiger partial charge in [-0.15, -0.1) is 11.3 Å². The molecule has 0 aliphatic rings. The Bertz CT molecular complexity index is 364. The summed E-state index contributed by atoms with van der Waals surface area (Å²) in [6.45, 7) is 5.85. The minimum Gasteiger partial charge on any atom is -0.394 e. The van der Waals surface area contributed by atoms with E-state index in [0.29, 0.717) is 12.8 Å². The molecule has 1 heterocycles. The molecule has 0 saturated heterocycles. The van der Waals surface area contributed by atoms with Gasteiger partial charge in [0.2, 0.25) is 0 Å². The van der Waals surface area contributed by atoms with Crippen LogP contribution in [0.15, 0.2) is 12.1 Å². The van der Waals surface area contributed by atoms with E-state index in [0.717, 1.165) is 9.88 Å². The summed E-state index contributed by atoms with van der Waals surface area (Å²) < 4.78 is 0. The second kappa shape index (κ2) is 6.02. The van der Waals surface area contributed by atoms with Crippen LogP contribution in [0.3, 0.4) is 0 Å². The average Bonchev–Trinajstić information content (AvgIpc) is 2.72. The molecular formula is C12H20N2O2S. The lowest BCUT2D eigenvalue weighted by molar-refractivity contribution is 0.155. The van der Waals surface area contributed by atoms with Crippen LogP contribution in [0.4, 0.5) is 9.80 Å². The molecule has 0 aliphatic carbocycles. The van der Waals surface area contributed by atoms with Crippen LogP contribution in [0.5, 0.6) is 0 Å². The number of carbonyl (C=O) groups excluding carboxylic acids is 1. The van der Waals surface area contributed by atoms with Crippen molar-refractivity contribution in [2.45, 2.75) is 39.2 Å². The molecule has 1 rings (SSSR count). The normalized spacial score (nSPS) is 11.3. The van der Waals surface area contributed by atoms with Crippen molar-refractivity contribution >= 4 is 22.4 Å². The SMILES string of the molecule is CCC(CC)(CO)NC(=O)Nc1ccc(C)s1. The molecule has 0 fully saturated rings. The van der Waals surface area contributed by atoms with Gasteiger partial charge in [0.1, 0.15) is 0 Å². The summed E-state index contributed by atoms with van der Waals surface area (Å²) >= 11 is 1.53. The molecule has 5 heteroatoms. The first-order valence-corrected chi connectivity index (χ1v) is 6.63. The predicted molar refractivity (Wildman–Crippen MR) is 71.6 cm³/mol. The number of hydrogen-bond acceptors (Lipinski definition) is 3. The highest BCUT2D eigenvalue weighted by Crippen LogP contribution is 2.21. The lowest BCUT2D eigenvalue weighted by atomic mass is 9.94. The Balaban J connectivity index is 2.59. The van der Waals surface area contributed by atoms with Crippen molar-refractivity contribution in [3.8, 4) is 0 Å². The van der Waals surface area contributed by atoms with Gasteiger partial charge in [-0.3, -0.25) is 5.32 Å². The monoisotopic (exact) mass is 256 g/mol. The van der Waals surface area contributed by atoms with Crippen LogP contribution >= 0.6 is 11.3 Å². The smallest absolute Gasteiger partial charge is 0.320 e. The summed E-state index contributed by atoms with van der Waals surface area (Å²) in [4.78, 5) is 12.9. The van der Waals surface area contributed by atoms with Gasteiger partial charge in [-0.2, -0.15) is 0 Å². The van der Waals surface area contributed by atoms with E-state index in [9.17, 15) is 9.90 Å². The number of aliphatic hydroxyl groups excluding tert-OH is 1. The topological polar surface area (TPSA) is 61.4 Å². The van der Waals surface area contributed by atoms with E-state index in [1.54, 1.807) is 0 Å². The van der Waals surface area contributed by atoms with Crippen molar-refractivity contribution in [2.24, 2.45) is 0 Å². The Kier molecular flexibility index (Phi) is 4.96. The van der Waals surface area contributed by atoms with E-state index < -0.39 is 5.54 Å². The minimum atomic E-state index is -0.517. The third kappa shape index (κ3) is 3.71. The number of thiophene rings is 1. The zero-order valence-corrected chi connectivity index (χ0v) is 11.4. The van der Waals surface area contributed by atoms with Gasteiger partial charge in [0.05, 0.1) is 17.1 Å². The third-order valence-electron chi connectivity index (χ3n) is 3.01. The molecule has 0 aromatic carbocycles. The fourth-order valence-electron chi connectivity index (χ4n) is 1.58. The van der Waals surface area contributed by atoms with Crippen LogP contribution in [0, 0.1) is 6.92 Å². The molecule has 0 bridgehead atoms. The van der Waals surface area contributed by atoms with Crippen LogP contribution in [-0.2, 0) is 0 Å². The highest BCUT2D eigenvalue weighted by atomic mass is 32.1. The zero-order valence-electron chi connectivity index (χ0n) is 10.5. The van der Waals surface area contributed by atoms with E-state index in [4.69, 9.17) is 0 Å². The molecule has 0 aliphatic heterocycles. The maximum absolute atomic E-state index is 11.8. The molecular weight excluding hydrogens is 236 g/mol. The standard InChI is InChI=1S/C12H20N2O2S/c1-4-12(5-2,8-15)14-11(16)13-10-7-6-9(3)17-10/h6-7,15H,4-5,8H2,1-3H3,(H2,13,14,16). The fraction of sp³-hybridized carbons (Fsp3) is 0.583. The lowest BCUT2D eigenvalue weighted by Gasteiger charge is -2.30. The van der Waals surface area contributed by atoms with Gasteiger partial charge in [0.25, 0.3) is 0 Å². The van der Waals surface area contributed by atoms with Crippen LogP contribution in [0.25, 0.3) is 0 Å². The maximum Gasteiger partial charge on any atom is 0.320 e. The quantitative estimate of drug-likeness (QED) is 0.758. The van der Waals surface area contributed by atoms with Gasteiger partial charge < -0.3 is 10.4 Å². The molecule has 0 atom stereocenters. The molecule has 1 aromatic rings. The summed E-state index contributed by atoms with van der Waals surface area (Å²) in [7, 11) is 0. The number of carbonyl (C=O) groups is 1. The summed E-state index contributed by atoms with van der Waals surface area (Å²) in [5, 5.41) is 15.8. The molecule has 0 spiro atoms. The number of anilines is 1. The number of rotatable bonds is 5. The number of aliphatic hydroxyl groups is 1. The predicted octanol–water partition coefficient (Wildman–Crippen LogP) is 2.73. The summed E-state index contributed by atoms with van der Waals surface area (Å²) in [6, 6.07) is 3.57. The van der Waals surface area contributed by atoms with E-state index in [2.05, 4.69) is 10.6 Å². The third-order valence-corrected chi connectivity index (χ3v) is 3.93. The number of amides is 2. The minimum absolute atomic E-state index is 0.0448. The zero-order chi connectivity index (χ0) is 12.9.